The SMILES string of the molecule is CC(C)C(=O)CN1CCN(C2CCC(c3cnc(N4C5CCC4CN(C)C5)nc3)CC2)CC1. The van der Waals surface area contributed by atoms with E-state index in [1.165, 1.54) is 44.1 Å². The molecular weight excluding hydrogens is 412 g/mol. The summed E-state index contributed by atoms with van der Waals surface area (Å²) in [5, 5.41) is 0. The van der Waals surface area contributed by atoms with Gasteiger partial charge in [0.25, 0.3) is 0 Å². The van der Waals surface area contributed by atoms with Gasteiger partial charge in [-0.05, 0) is 57.1 Å². The highest BCUT2D eigenvalue weighted by Gasteiger charge is 2.40. The van der Waals surface area contributed by atoms with Crippen LogP contribution in [0, 0.1) is 5.92 Å². The van der Waals surface area contributed by atoms with E-state index in [4.69, 9.17) is 9.97 Å². The summed E-state index contributed by atoms with van der Waals surface area (Å²) in [6.45, 7) is 11.2. The van der Waals surface area contributed by atoms with Gasteiger partial charge in [0, 0.05) is 75.7 Å². The quantitative estimate of drug-likeness (QED) is 0.655. The molecule has 5 rings (SSSR count). The van der Waals surface area contributed by atoms with Crippen LogP contribution >= 0.6 is 0 Å². The summed E-state index contributed by atoms with van der Waals surface area (Å²) in [5.41, 5.74) is 1.33. The van der Waals surface area contributed by atoms with Crippen molar-refractivity contribution in [2.45, 2.75) is 76.4 Å². The number of carbonyl (C=O) groups excluding carboxylic acids is 1. The van der Waals surface area contributed by atoms with Crippen molar-refractivity contribution < 1.29 is 4.79 Å². The maximum absolute atomic E-state index is 12.1. The number of Topliss-reactive ketones (excluding diaryl/α,β-unsaturated/α-hetero) is 1. The van der Waals surface area contributed by atoms with Crippen molar-refractivity contribution in [2.75, 3.05) is 57.8 Å². The number of anilines is 1. The number of hydrogen-bond donors (Lipinski definition) is 0. The van der Waals surface area contributed by atoms with Crippen LogP contribution in [0.25, 0.3) is 0 Å². The summed E-state index contributed by atoms with van der Waals surface area (Å²) in [6, 6.07) is 1.86. The van der Waals surface area contributed by atoms with E-state index in [9.17, 15) is 4.79 Å². The number of fused-ring (bicyclic) bond motifs is 2. The lowest BCUT2D eigenvalue weighted by Gasteiger charge is -2.42. The van der Waals surface area contributed by atoms with Crippen molar-refractivity contribution in [1.29, 1.82) is 0 Å². The molecule has 0 amide bonds. The Labute approximate surface area is 199 Å². The molecule has 3 aliphatic heterocycles. The average Bonchev–Trinajstić information content (AvgIpc) is 3.10. The molecule has 0 spiro atoms. The highest BCUT2D eigenvalue weighted by Crippen LogP contribution is 2.36. The molecule has 2 atom stereocenters. The van der Waals surface area contributed by atoms with Gasteiger partial charge < -0.3 is 9.80 Å². The van der Waals surface area contributed by atoms with Crippen molar-refractivity contribution in [3.05, 3.63) is 18.0 Å². The number of carbonyl (C=O) groups is 1. The van der Waals surface area contributed by atoms with Gasteiger partial charge in [-0.15, -0.1) is 0 Å². The van der Waals surface area contributed by atoms with Crippen molar-refractivity contribution in [3.63, 3.8) is 0 Å². The molecule has 4 aliphatic rings. The monoisotopic (exact) mass is 454 g/mol. The van der Waals surface area contributed by atoms with E-state index in [1.54, 1.807) is 0 Å². The maximum Gasteiger partial charge on any atom is 0.225 e. The minimum Gasteiger partial charge on any atom is -0.332 e. The molecule has 182 valence electrons. The van der Waals surface area contributed by atoms with Crippen LogP contribution in [-0.4, -0.2) is 101 Å². The van der Waals surface area contributed by atoms with Gasteiger partial charge in [-0.3, -0.25) is 14.6 Å². The smallest absolute Gasteiger partial charge is 0.225 e. The lowest BCUT2D eigenvalue weighted by atomic mass is 9.82. The summed E-state index contributed by atoms with van der Waals surface area (Å²) >= 11 is 0. The third-order valence-corrected chi connectivity index (χ3v) is 8.67. The summed E-state index contributed by atoms with van der Waals surface area (Å²) in [7, 11) is 2.23. The van der Waals surface area contributed by atoms with Gasteiger partial charge in [0.05, 0.1) is 6.54 Å². The van der Waals surface area contributed by atoms with Crippen LogP contribution in [0.3, 0.4) is 0 Å². The zero-order valence-corrected chi connectivity index (χ0v) is 20.8. The Morgan fingerprint density at radius 1 is 0.909 bits per heavy atom. The van der Waals surface area contributed by atoms with E-state index in [0.717, 1.165) is 45.2 Å². The first-order valence-electron chi connectivity index (χ1n) is 13.3. The largest absolute Gasteiger partial charge is 0.332 e. The zero-order valence-electron chi connectivity index (χ0n) is 20.8. The molecule has 1 aromatic heterocycles. The molecule has 1 aromatic rings. The van der Waals surface area contributed by atoms with Crippen molar-refractivity contribution in [2.24, 2.45) is 5.92 Å². The zero-order chi connectivity index (χ0) is 22.9. The normalized spacial score (nSPS) is 31.9. The predicted molar refractivity (Wildman–Crippen MR) is 132 cm³/mol. The fraction of sp³-hybridized carbons (Fsp3) is 0.808. The molecule has 2 bridgehead atoms. The molecule has 1 saturated carbocycles. The van der Waals surface area contributed by atoms with E-state index in [0.29, 0.717) is 36.4 Å². The van der Waals surface area contributed by atoms with Gasteiger partial charge >= 0.3 is 0 Å². The van der Waals surface area contributed by atoms with Crippen LogP contribution in [0.1, 0.15) is 63.9 Å². The number of rotatable bonds is 6. The van der Waals surface area contributed by atoms with E-state index in [-0.39, 0.29) is 5.92 Å². The average molecular weight is 455 g/mol. The lowest BCUT2D eigenvalue weighted by molar-refractivity contribution is -0.123. The molecule has 0 radical (unpaired) electrons. The number of nitrogens with zero attached hydrogens (tertiary/aromatic N) is 6. The number of hydrogen-bond acceptors (Lipinski definition) is 7. The van der Waals surface area contributed by atoms with Crippen LogP contribution in [-0.2, 0) is 4.79 Å². The molecule has 7 heteroatoms. The predicted octanol–water partition coefficient (Wildman–Crippen LogP) is 2.63. The third kappa shape index (κ3) is 5.10. The fourth-order valence-electron chi connectivity index (χ4n) is 6.58. The van der Waals surface area contributed by atoms with Crippen LogP contribution in [0.15, 0.2) is 12.4 Å². The Bertz CT molecular complexity index is 784. The van der Waals surface area contributed by atoms with Crippen LogP contribution in [0.5, 0.6) is 0 Å². The molecule has 1 aliphatic carbocycles. The minimum atomic E-state index is 0.146. The number of likely N-dealkylation sites (N-methyl/N-ethyl adjacent to an activating group) is 1. The lowest BCUT2D eigenvalue weighted by Crippen LogP contribution is -2.53. The second-order valence-electron chi connectivity index (χ2n) is 11.3. The fourth-order valence-corrected chi connectivity index (χ4v) is 6.58. The molecular formula is C26H42N6O. The molecule has 33 heavy (non-hydrogen) atoms. The summed E-state index contributed by atoms with van der Waals surface area (Å²) < 4.78 is 0. The van der Waals surface area contributed by atoms with Crippen molar-refractivity contribution >= 4 is 11.7 Å². The van der Waals surface area contributed by atoms with Crippen molar-refractivity contribution in [1.82, 2.24) is 24.7 Å². The summed E-state index contributed by atoms with van der Waals surface area (Å²) in [6.07, 6.45) is 11.8. The Kier molecular flexibility index (Phi) is 7.00. The Morgan fingerprint density at radius 2 is 1.48 bits per heavy atom. The first kappa shape index (κ1) is 23.2. The van der Waals surface area contributed by atoms with E-state index >= 15 is 0 Å². The van der Waals surface area contributed by atoms with Gasteiger partial charge in [-0.25, -0.2) is 9.97 Å². The standard InChI is InChI=1S/C26H42N6O/c1-19(2)25(33)18-30-10-12-31(13-11-30)22-6-4-20(5-7-22)21-14-27-26(28-15-21)32-23-8-9-24(32)17-29(3)16-23/h14-15,19-20,22-24H,4-13,16-18H2,1-3H3. The molecule has 7 nitrogen and oxygen atoms in total. The van der Waals surface area contributed by atoms with E-state index < -0.39 is 0 Å². The highest BCUT2D eigenvalue weighted by molar-refractivity contribution is 5.82. The minimum absolute atomic E-state index is 0.146. The van der Waals surface area contributed by atoms with Crippen LogP contribution in [0.4, 0.5) is 5.95 Å². The first-order chi connectivity index (χ1) is 16.0. The van der Waals surface area contributed by atoms with E-state index in [2.05, 4.69) is 39.0 Å². The highest BCUT2D eigenvalue weighted by atomic mass is 16.1. The molecule has 0 aromatic carbocycles. The number of aromatic nitrogens is 2. The Hall–Kier alpha value is -1.57. The second kappa shape index (κ2) is 9.96. The summed E-state index contributed by atoms with van der Waals surface area (Å²) in [4.78, 5) is 31.7. The number of likely N-dealkylation sites (tertiary alicyclic amines) is 1. The van der Waals surface area contributed by atoms with Gasteiger partial charge in [0.15, 0.2) is 0 Å². The number of piperazine rings is 2. The molecule has 4 heterocycles. The molecule has 2 unspecified atom stereocenters. The Balaban J connectivity index is 1.10. The number of ketones is 1. The van der Waals surface area contributed by atoms with Gasteiger partial charge in [-0.1, -0.05) is 13.8 Å². The maximum atomic E-state index is 12.1. The second-order valence-corrected chi connectivity index (χ2v) is 11.3. The van der Waals surface area contributed by atoms with Crippen molar-refractivity contribution in [3.8, 4) is 0 Å². The van der Waals surface area contributed by atoms with Gasteiger partial charge in [-0.2, -0.15) is 0 Å². The Morgan fingerprint density at radius 3 is 2.06 bits per heavy atom. The van der Waals surface area contributed by atoms with Gasteiger partial charge in [0.1, 0.15) is 5.78 Å². The first-order valence-corrected chi connectivity index (χ1v) is 13.3. The van der Waals surface area contributed by atoms with Crippen LogP contribution in [0.2, 0.25) is 0 Å². The molecule has 4 fully saturated rings. The topological polar surface area (TPSA) is 55.8 Å². The molecule has 3 saturated heterocycles. The third-order valence-electron chi connectivity index (χ3n) is 8.67. The van der Waals surface area contributed by atoms with E-state index in [1.807, 2.05) is 13.8 Å². The van der Waals surface area contributed by atoms with Gasteiger partial charge in [0.2, 0.25) is 5.95 Å². The van der Waals surface area contributed by atoms with Crippen LogP contribution < -0.4 is 4.90 Å². The summed E-state index contributed by atoms with van der Waals surface area (Å²) in [5.74, 6) is 2.07. The molecule has 0 N–H and O–H groups in total.